The fraction of sp³-hybridized carbons (Fsp3) is 0.0357. The molecule has 0 N–H and O–H groups in total. The van der Waals surface area contributed by atoms with Crippen LogP contribution in [0.3, 0.4) is 0 Å². The topological polar surface area (TPSA) is 8.17 Å². The van der Waals surface area contributed by atoms with Gasteiger partial charge < -0.3 is 9.47 Å². The van der Waals surface area contributed by atoms with Crippen molar-refractivity contribution in [1.82, 2.24) is 4.57 Å². The predicted molar refractivity (Wildman–Crippen MR) is 247 cm³/mol. The van der Waals surface area contributed by atoms with E-state index in [0.29, 0.717) is 0 Å². The zero-order valence-electron chi connectivity index (χ0n) is 32.0. The van der Waals surface area contributed by atoms with Gasteiger partial charge in [0.25, 0.3) is 0 Å². The van der Waals surface area contributed by atoms with Crippen LogP contribution in [0.25, 0.3) is 76.9 Å². The Morgan fingerprint density at radius 2 is 0.966 bits per heavy atom. The van der Waals surface area contributed by atoms with Gasteiger partial charge in [-0.05, 0) is 116 Å². The number of aromatic nitrogens is 1. The van der Waals surface area contributed by atoms with Crippen molar-refractivity contribution in [3.05, 3.63) is 230 Å². The Labute approximate surface area is 338 Å². The summed E-state index contributed by atoms with van der Waals surface area (Å²) >= 11 is 0. The van der Waals surface area contributed by atoms with Crippen molar-refractivity contribution in [2.75, 3.05) is 4.90 Å². The van der Waals surface area contributed by atoms with Gasteiger partial charge in [-0.1, -0.05) is 170 Å². The van der Waals surface area contributed by atoms with Gasteiger partial charge in [0.05, 0.1) is 17.1 Å². The number of hydrogen-bond donors (Lipinski definition) is 0. The number of hydrogen-bond acceptors (Lipinski definition) is 1. The first-order valence-corrected chi connectivity index (χ1v) is 20.2. The molecule has 274 valence electrons. The Morgan fingerprint density at radius 1 is 0.414 bits per heavy atom. The summed E-state index contributed by atoms with van der Waals surface area (Å²) in [6, 6.07) is 75.3. The van der Waals surface area contributed by atoms with E-state index < -0.39 is 0 Å². The third-order valence-corrected chi connectivity index (χ3v) is 11.9. The second-order valence-corrected chi connectivity index (χ2v) is 15.3. The number of benzene rings is 9. The Balaban J connectivity index is 0.965. The van der Waals surface area contributed by atoms with Crippen molar-refractivity contribution >= 4 is 60.3 Å². The van der Waals surface area contributed by atoms with Crippen LogP contribution in [0.15, 0.2) is 224 Å². The van der Waals surface area contributed by atoms with Crippen LogP contribution < -0.4 is 4.90 Å². The molecule has 0 radical (unpaired) electrons. The number of para-hydroxylation sites is 2. The first kappa shape index (κ1) is 33.9. The third-order valence-electron chi connectivity index (χ3n) is 11.9. The molecule has 0 saturated carbocycles. The number of rotatable bonds is 7. The second kappa shape index (κ2) is 14.3. The van der Waals surface area contributed by atoms with Gasteiger partial charge in [-0.15, -0.1) is 0 Å². The second-order valence-electron chi connectivity index (χ2n) is 15.3. The highest BCUT2D eigenvalue weighted by molar-refractivity contribution is 6.10. The van der Waals surface area contributed by atoms with Crippen LogP contribution >= 0.6 is 0 Å². The number of fused-ring (bicyclic) bond motifs is 5. The molecule has 0 spiro atoms. The Bertz CT molecular complexity index is 3170. The molecule has 2 nitrogen and oxygen atoms in total. The van der Waals surface area contributed by atoms with E-state index in [9.17, 15) is 0 Å². The summed E-state index contributed by atoms with van der Waals surface area (Å²) < 4.78 is 2.37. The van der Waals surface area contributed by atoms with Crippen LogP contribution in [0.2, 0.25) is 0 Å². The Morgan fingerprint density at radius 3 is 1.66 bits per heavy atom. The van der Waals surface area contributed by atoms with E-state index in [1.807, 2.05) is 0 Å². The van der Waals surface area contributed by atoms with Gasteiger partial charge in [-0.25, -0.2) is 0 Å². The molecule has 9 aromatic carbocycles. The normalized spacial score (nSPS) is 14.0. The van der Waals surface area contributed by atoms with Crippen molar-refractivity contribution in [2.24, 2.45) is 0 Å². The highest BCUT2D eigenvalue weighted by Crippen LogP contribution is 2.39. The molecule has 58 heavy (non-hydrogen) atoms. The molecule has 11 rings (SSSR count). The lowest BCUT2D eigenvalue weighted by molar-refractivity contribution is 0.787. The zero-order valence-corrected chi connectivity index (χ0v) is 32.0. The van der Waals surface area contributed by atoms with Crippen LogP contribution in [0, 0.1) is 0 Å². The summed E-state index contributed by atoms with van der Waals surface area (Å²) in [5.74, 6) is 0. The summed E-state index contributed by atoms with van der Waals surface area (Å²) in [7, 11) is 0. The molecule has 0 saturated heterocycles. The fourth-order valence-corrected chi connectivity index (χ4v) is 9.11. The van der Waals surface area contributed by atoms with Crippen molar-refractivity contribution in [3.8, 4) is 27.9 Å². The average molecular weight is 741 g/mol. The average Bonchev–Trinajstić information content (AvgIpc) is 3.63. The van der Waals surface area contributed by atoms with Crippen molar-refractivity contribution in [2.45, 2.75) is 12.5 Å². The van der Waals surface area contributed by atoms with E-state index in [1.54, 1.807) is 0 Å². The molecule has 1 unspecified atom stereocenters. The molecule has 0 bridgehead atoms. The minimum absolute atomic E-state index is 0.147. The molecule has 1 heterocycles. The summed E-state index contributed by atoms with van der Waals surface area (Å²) in [5, 5.41) is 7.61. The lowest BCUT2D eigenvalue weighted by Crippen LogP contribution is -2.30. The van der Waals surface area contributed by atoms with E-state index in [4.69, 9.17) is 0 Å². The first-order chi connectivity index (χ1) is 28.8. The van der Waals surface area contributed by atoms with E-state index in [1.165, 1.54) is 93.8 Å². The highest BCUT2D eigenvalue weighted by Gasteiger charge is 2.22. The maximum Gasteiger partial charge on any atom is 0.0560 e. The molecule has 2 heteroatoms. The van der Waals surface area contributed by atoms with E-state index in [2.05, 4.69) is 234 Å². The van der Waals surface area contributed by atoms with Crippen LogP contribution in [0.4, 0.5) is 11.4 Å². The van der Waals surface area contributed by atoms with Crippen LogP contribution in [0.5, 0.6) is 0 Å². The molecule has 1 aliphatic rings. The fourth-order valence-electron chi connectivity index (χ4n) is 9.11. The molecule has 0 aliphatic heterocycles. The quantitative estimate of drug-likeness (QED) is 0.158. The maximum atomic E-state index is 2.50. The monoisotopic (exact) mass is 740 g/mol. The molecule has 1 aromatic heterocycles. The Hall–Kier alpha value is -7.42. The summed E-state index contributed by atoms with van der Waals surface area (Å²) in [5.41, 5.74) is 13.4. The summed E-state index contributed by atoms with van der Waals surface area (Å²) in [6.07, 6.45) is 8.02. The third kappa shape index (κ3) is 5.90. The maximum absolute atomic E-state index is 2.50. The SMILES string of the molecule is C1=CC(N(c2ccc(-c3ccc4c(c3)c3ccccc3n4-c3ccccc3)cc2)c2ccc(-c3cccc4ccccc34)cc2)CC=C1c1cccc2ccccc12. The molecule has 0 fully saturated rings. The molecule has 1 aliphatic carbocycles. The number of anilines is 2. The van der Waals surface area contributed by atoms with Crippen LogP contribution in [-0.4, -0.2) is 10.6 Å². The Kier molecular flexibility index (Phi) is 8.33. The van der Waals surface area contributed by atoms with Crippen molar-refractivity contribution in [1.29, 1.82) is 0 Å². The largest absolute Gasteiger partial charge is 0.334 e. The summed E-state index contributed by atoms with van der Waals surface area (Å²) in [6.45, 7) is 0. The molecular weight excluding hydrogens is 701 g/mol. The van der Waals surface area contributed by atoms with Gasteiger partial charge in [0.2, 0.25) is 0 Å². The predicted octanol–water partition coefficient (Wildman–Crippen LogP) is 15.0. The smallest absolute Gasteiger partial charge is 0.0560 e. The lowest BCUT2D eigenvalue weighted by Gasteiger charge is -2.33. The minimum Gasteiger partial charge on any atom is -0.334 e. The van der Waals surface area contributed by atoms with E-state index in [0.717, 1.165) is 6.42 Å². The minimum atomic E-state index is 0.147. The lowest BCUT2D eigenvalue weighted by atomic mass is 9.92. The first-order valence-electron chi connectivity index (χ1n) is 20.2. The van der Waals surface area contributed by atoms with Gasteiger partial charge >= 0.3 is 0 Å². The van der Waals surface area contributed by atoms with Gasteiger partial charge in [0, 0.05) is 27.8 Å². The zero-order chi connectivity index (χ0) is 38.4. The number of allylic oxidation sites excluding steroid dienone is 2. The van der Waals surface area contributed by atoms with Crippen molar-refractivity contribution < 1.29 is 0 Å². The van der Waals surface area contributed by atoms with Gasteiger partial charge in [-0.2, -0.15) is 0 Å². The summed E-state index contributed by atoms with van der Waals surface area (Å²) in [4.78, 5) is 2.50. The molecule has 0 amide bonds. The van der Waals surface area contributed by atoms with Crippen LogP contribution in [-0.2, 0) is 0 Å². The van der Waals surface area contributed by atoms with Gasteiger partial charge in [-0.3, -0.25) is 0 Å². The van der Waals surface area contributed by atoms with E-state index in [-0.39, 0.29) is 6.04 Å². The molecule has 1 atom stereocenters. The molecular formula is C56H40N2. The highest BCUT2D eigenvalue weighted by atomic mass is 15.2. The van der Waals surface area contributed by atoms with Crippen molar-refractivity contribution in [3.63, 3.8) is 0 Å². The van der Waals surface area contributed by atoms with Gasteiger partial charge in [0.1, 0.15) is 0 Å². The van der Waals surface area contributed by atoms with Crippen LogP contribution in [0.1, 0.15) is 12.0 Å². The standard InChI is InChI=1S/C56H40N2/c1-2-16-45(17-3-1)58-55-23-9-8-20-53(55)54-38-44(30-37-56(54)58)39-24-31-46(32-25-39)57(47-33-26-42(27-34-47)51-21-10-14-40-12-4-6-18-49(40)51)48-35-28-43(29-36-48)52-22-11-15-41-13-5-7-19-50(41)52/h1-35,37-38,48H,36H2. The van der Waals surface area contributed by atoms with E-state index >= 15 is 0 Å². The molecule has 10 aromatic rings. The number of nitrogens with zero attached hydrogens (tertiary/aromatic N) is 2. The van der Waals surface area contributed by atoms with Gasteiger partial charge in [0.15, 0.2) is 0 Å².